The molecule has 0 radical (unpaired) electrons. The van der Waals surface area contributed by atoms with Crippen LogP contribution in [-0.4, -0.2) is 53.0 Å². The Morgan fingerprint density at radius 3 is 2.64 bits per heavy atom. The highest BCUT2D eigenvalue weighted by Crippen LogP contribution is 2.26. The third kappa shape index (κ3) is 4.43. The summed E-state index contributed by atoms with van der Waals surface area (Å²) in [6.45, 7) is -1.50. The second-order valence-corrected chi connectivity index (χ2v) is 5.60. The zero-order chi connectivity index (χ0) is 18.6. The number of nitrogens with zero attached hydrogens (tertiary/aromatic N) is 1. The van der Waals surface area contributed by atoms with Crippen LogP contribution in [0.4, 0.5) is 8.78 Å². The van der Waals surface area contributed by atoms with Gasteiger partial charge in [0, 0.05) is 6.54 Å². The number of rotatable bonds is 6. The molecule has 1 heterocycles. The lowest BCUT2D eigenvalue weighted by Crippen LogP contribution is -2.50. The molecule has 2 atom stereocenters. The van der Waals surface area contributed by atoms with Gasteiger partial charge in [-0.25, -0.2) is 0 Å². The van der Waals surface area contributed by atoms with E-state index in [4.69, 9.17) is 5.11 Å². The molecule has 7 nitrogen and oxygen atoms in total. The molecule has 1 aliphatic rings. The summed E-state index contributed by atoms with van der Waals surface area (Å²) in [6.07, 6.45) is 0.908. The molecule has 1 aromatic rings. The van der Waals surface area contributed by atoms with Crippen molar-refractivity contribution in [3.8, 4) is 5.75 Å². The number of likely N-dealkylation sites (tertiary alicyclic amines) is 1. The molecule has 1 aliphatic heterocycles. The number of aliphatic carboxylic acids is 1. The van der Waals surface area contributed by atoms with Gasteiger partial charge >= 0.3 is 12.6 Å². The Hall–Kier alpha value is -2.71. The Labute approximate surface area is 142 Å². The number of carbonyl (C=O) groups excluding carboxylic acids is 2. The second kappa shape index (κ2) is 7.91. The zero-order valence-electron chi connectivity index (χ0n) is 13.4. The fourth-order valence-electron chi connectivity index (χ4n) is 2.65. The molecule has 1 unspecified atom stereocenters. The minimum atomic E-state index is -3.08. The van der Waals surface area contributed by atoms with Crippen LogP contribution in [0.3, 0.4) is 0 Å². The summed E-state index contributed by atoms with van der Waals surface area (Å²) in [5.74, 6) is -2.67. The molecule has 2 N–H and O–H groups in total. The van der Waals surface area contributed by atoms with Crippen molar-refractivity contribution in [2.75, 3.05) is 6.54 Å². The van der Waals surface area contributed by atoms with Gasteiger partial charge in [-0.15, -0.1) is 0 Å². The third-order valence-electron chi connectivity index (χ3n) is 3.88. The normalized spacial score (nSPS) is 18.1. The van der Waals surface area contributed by atoms with Crippen molar-refractivity contribution in [1.29, 1.82) is 0 Å². The summed E-state index contributed by atoms with van der Waals surface area (Å²) < 4.78 is 29.4. The lowest BCUT2D eigenvalue weighted by atomic mass is 10.1. The number of amides is 2. The van der Waals surface area contributed by atoms with Gasteiger partial charge in [0.05, 0.1) is 5.56 Å². The first-order chi connectivity index (χ1) is 11.8. The monoisotopic (exact) mass is 356 g/mol. The maximum Gasteiger partial charge on any atom is 0.387 e. The molecule has 1 aromatic carbocycles. The molecule has 0 aromatic heterocycles. The van der Waals surface area contributed by atoms with Crippen molar-refractivity contribution < 1.29 is 33.0 Å². The number of para-hydroxylation sites is 1. The van der Waals surface area contributed by atoms with Crippen LogP contribution in [-0.2, 0) is 9.59 Å². The number of halogens is 2. The third-order valence-corrected chi connectivity index (χ3v) is 3.88. The fourth-order valence-corrected chi connectivity index (χ4v) is 2.65. The Kier molecular flexibility index (Phi) is 5.89. The Morgan fingerprint density at radius 1 is 1.32 bits per heavy atom. The van der Waals surface area contributed by atoms with E-state index in [9.17, 15) is 23.2 Å². The number of carbonyl (C=O) groups is 3. The maximum atomic E-state index is 12.7. The molecule has 1 fully saturated rings. The van der Waals surface area contributed by atoms with Crippen LogP contribution in [0.5, 0.6) is 5.75 Å². The predicted molar refractivity (Wildman–Crippen MR) is 82.4 cm³/mol. The SMILES string of the molecule is C[C@@H](NC(=O)C1CCCN1C(=O)c1ccccc1OC(F)F)C(=O)O. The van der Waals surface area contributed by atoms with E-state index in [1.54, 1.807) is 0 Å². The van der Waals surface area contributed by atoms with E-state index < -0.39 is 36.5 Å². The van der Waals surface area contributed by atoms with Gasteiger partial charge in [-0.1, -0.05) is 12.1 Å². The maximum absolute atomic E-state index is 12.7. The number of alkyl halides is 2. The number of hydrogen-bond donors (Lipinski definition) is 2. The molecule has 136 valence electrons. The number of ether oxygens (including phenoxy) is 1. The van der Waals surface area contributed by atoms with Gasteiger partial charge in [0.2, 0.25) is 5.91 Å². The van der Waals surface area contributed by atoms with Crippen molar-refractivity contribution in [3.05, 3.63) is 29.8 Å². The first-order valence-corrected chi connectivity index (χ1v) is 7.69. The van der Waals surface area contributed by atoms with E-state index in [0.717, 1.165) is 0 Å². The van der Waals surface area contributed by atoms with Crippen molar-refractivity contribution in [2.24, 2.45) is 0 Å². The van der Waals surface area contributed by atoms with Crippen molar-refractivity contribution >= 4 is 17.8 Å². The highest BCUT2D eigenvalue weighted by molar-refractivity contribution is 6.00. The van der Waals surface area contributed by atoms with Gasteiger partial charge in [-0.2, -0.15) is 8.78 Å². The minimum Gasteiger partial charge on any atom is -0.480 e. The standard InChI is InChI=1S/C16H18F2N2O5/c1-9(15(23)24)19-13(21)11-6-4-8-20(11)14(22)10-5-2-3-7-12(10)25-16(17)18/h2-3,5,7,9,11,16H,4,6,8H2,1H3,(H,19,21)(H,23,24)/t9-,11?/m1/s1. The Balaban J connectivity index is 2.18. The van der Waals surface area contributed by atoms with Crippen LogP contribution < -0.4 is 10.1 Å². The Morgan fingerprint density at radius 2 is 2.00 bits per heavy atom. The molecular formula is C16H18F2N2O5. The van der Waals surface area contributed by atoms with E-state index in [1.165, 1.54) is 36.1 Å². The number of carboxylic acid groups (broad SMARTS) is 1. The van der Waals surface area contributed by atoms with Gasteiger partial charge in [-0.3, -0.25) is 14.4 Å². The summed E-state index contributed by atoms with van der Waals surface area (Å²) in [7, 11) is 0. The number of carboxylic acids is 1. The molecule has 2 amide bonds. The topological polar surface area (TPSA) is 95.9 Å². The summed E-state index contributed by atoms with van der Waals surface area (Å²) in [5, 5.41) is 11.2. The minimum absolute atomic E-state index is 0.0752. The van der Waals surface area contributed by atoms with Crippen LogP contribution in [0.25, 0.3) is 0 Å². The van der Waals surface area contributed by atoms with E-state index in [2.05, 4.69) is 10.1 Å². The summed E-state index contributed by atoms with van der Waals surface area (Å²) in [4.78, 5) is 37.0. The first-order valence-electron chi connectivity index (χ1n) is 7.69. The van der Waals surface area contributed by atoms with E-state index in [1.807, 2.05) is 0 Å². The van der Waals surface area contributed by atoms with E-state index in [0.29, 0.717) is 12.8 Å². The smallest absolute Gasteiger partial charge is 0.387 e. The Bertz CT molecular complexity index is 668. The largest absolute Gasteiger partial charge is 0.480 e. The number of hydrogen-bond acceptors (Lipinski definition) is 4. The second-order valence-electron chi connectivity index (χ2n) is 5.60. The fraction of sp³-hybridized carbons (Fsp3) is 0.438. The number of nitrogens with one attached hydrogen (secondary N) is 1. The molecule has 0 bridgehead atoms. The average molecular weight is 356 g/mol. The summed E-state index contributed by atoms with van der Waals surface area (Å²) >= 11 is 0. The summed E-state index contributed by atoms with van der Waals surface area (Å²) in [6, 6.07) is 3.60. The van der Waals surface area contributed by atoms with Gasteiger partial charge in [0.15, 0.2) is 0 Å². The molecule has 0 spiro atoms. The zero-order valence-corrected chi connectivity index (χ0v) is 13.4. The molecule has 9 heteroatoms. The number of benzene rings is 1. The molecule has 1 saturated heterocycles. The average Bonchev–Trinajstić information content (AvgIpc) is 3.03. The molecule has 0 saturated carbocycles. The highest BCUT2D eigenvalue weighted by atomic mass is 19.3. The molecule has 0 aliphatic carbocycles. The van der Waals surface area contributed by atoms with E-state index >= 15 is 0 Å². The van der Waals surface area contributed by atoms with Gasteiger partial charge < -0.3 is 20.1 Å². The van der Waals surface area contributed by atoms with Crippen LogP contribution in [0.15, 0.2) is 24.3 Å². The van der Waals surface area contributed by atoms with Gasteiger partial charge in [-0.05, 0) is 31.9 Å². The predicted octanol–water partition coefficient (Wildman–Crippen LogP) is 1.48. The van der Waals surface area contributed by atoms with Crippen molar-refractivity contribution in [1.82, 2.24) is 10.2 Å². The van der Waals surface area contributed by atoms with Crippen LogP contribution in [0.1, 0.15) is 30.1 Å². The van der Waals surface area contributed by atoms with Crippen molar-refractivity contribution in [2.45, 2.75) is 38.5 Å². The van der Waals surface area contributed by atoms with Crippen molar-refractivity contribution in [3.63, 3.8) is 0 Å². The van der Waals surface area contributed by atoms with Crippen LogP contribution >= 0.6 is 0 Å². The first kappa shape index (κ1) is 18.6. The molecule has 25 heavy (non-hydrogen) atoms. The summed E-state index contributed by atoms with van der Waals surface area (Å²) in [5.41, 5.74) is -0.0752. The molecular weight excluding hydrogens is 338 g/mol. The van der Waals surface area contributed by atoms with Crippen LogP contribution in [0, 0.1) is 0 Å². The van der Waals surface area contributed by atoms with Gasteiger partial charge in [0.1, 0.15) is 17.8 Å². The van der Waals surface area contributed by atoms with Gasteiger partial charge in [0.25, 0.3) is 5.91 Å². The van der Waals surface area contributed by atoms with E-state index in [-0.39, 0.29) is 17.9 Å². The lowest BCUT2D eigenvalue weighted by molar-refractivity contribution is -0.141. The quantitative estimate of drug-likeness (QED) is 0.805. The lowest BCUT2D eigenvalue weighted by Gasteiger charge is -2.25. The highest BCUT2D eigenvalue weighted by Gasteiger charge is 2.36. The molecule has 2 rings (SSSR count). The van der Waals surface area contributed by atoms with Crippen LogP contribution in [0.2, 0.25) is 0 Å².